The number of carbonyl (C=O) groups is 1. The average Bonchev–Trinajstić information content (AvgIpc) is 2.30. The van der Waals surface area contributed by atoms with Crippen molar-refractivity contribution in [1.29, 1.82) is 0 Å². The molecule has 0 saturated heterocycles. The Bertz CT molecular complexity index is 314. The average molecular weight is 222 g/mol. The summed E-state index contributed by atoms with van der Waals surface area (Å²) in [5.74, 6) is 0.513. The summed E-state index contributed by atoms with van der Waals surface area (Å²) in [5, 5.41) is 3.04. The molecule has 3 N–H and O–H groups in total. The fraction of sp³-hybridized carbons (Fsp3) is 0.417. The molecule has 1 aromatic carbocycles. The van der Waals surface area contributed by atoms with Crippen LogP contribution in [0.5, 0.6) is 5.75 Å². The number of hydrogen-bond acceptors (Lipinski definition) is 3. The van der Waals surface area contributed by atoms with Gasteiger partial charge >= 0.3 is 0 Å². The maximum absolute atomic E-state index is 10.9. The number of nitrogens with two attached hydrogens (primary N) is 1. The van der Waals surface area contributed by atoms with Gasteiger partial charge in [0.05, 0.1) is 6.04 Å². The standard InChI is InChI=1S/C12H18N2O2/c1-2-11(12(13)15)14-8-9-16-10-6-4-3-5-7-10/h3-7,11,14H,2,8-9H2,1H3,(H2,13,15). The molecule has 0 fully saturated rings. The van der Waals surface area contributed by atoms with Gasteiger partial charge < -0.3 is 15.8 Å². The van der Waals surface area contributed by atoms with E-state index in [0.717, 1.165) is 5.75 Å². The SMILES string of the molecule is CCC(NCCOc1ccccc1)C(N)=O. The normalized spacial score (nSPS) is 12.1. The van der Waals surface area contributed by atoms with Crippen molar-refractivity contribution in [3.63, 3.8) is 0 Å². The number of primary amides is 1. The largest absolute Gasteiger partial charge is 0.492 e. The molecule has 0 radical (unpaired) electrons. The van der Waals surface area contributed by atoms with E-state index >= 15 is 0 Å². The zero-order valence-corrected chi connectivity index (χ0v) is 9.48. The smallest absolute Gasteiger partial charge is 0.234 e. The van der Waals surface area contributed by atoms with Crippen LogP contribution in [0.4, 0.5) is 0 Å². The monoisotopic (exact) mass is 222 g/mol. The molecule has 0 saturated carbocycles. The lowest BCUT2D eigenvalue weighted by Gasteiger charge is -2.13. The predicted octanol–water partition coefficient (Wildman–Crippen LogP) is 0.919. The Balaban J connectivity index is 2.19. The van der Waals surface area contributed by atoms with Crippen LogP contribution in [0, 0.1) is 0 Å². The summed E-state index contributed by atoms with van der Waals surface area (Å²) in [6, 6.07) is 9.30. The van der Waals surface area contributed by atoms with Crippen LogP contribution in [-0.4, -0.2) is 25.1 Å². The van der Waals surface area contributed by atoms with Crippen molar-refractivity contribution >= 4 is 5.91 Å². The molecule has 0 bridgehead atoms. The summed E-state index contributed by atoms with van der Waals surface area (Å²) in [4.78, 5) is 10.9. The molecule has 0 heterocycles. The van der Waals surface area contributed by atoms with Gasteiger partial charge in [0.25, 0.3) is 0 Å². The lowest BCUT2D eigenvalue weighted by Crippen LogP contribution is -2.42. The number of ether oxygens (including phenoxy) is 1. The number of rotatable bonds is 7. The third-order valence-electron chi connectivity index (χ3n) is 2.26. The number of carbonyl (C=O) groups excluding carboxylic acids is 1. The molecule has 1 atom stereocenters. The summed E-state index contributed by atoms with van der Waals surface area (Å²) in [6.07, 6.45) is 0.695. The van der Waals surface area contributed by atoms with Crippen molar-refractivity contribution in [3.8, 4) is 5.75 Å². The molecular formula is C12H18N2O2. The molecular weight excluding hydrogens is 204 g/mol. The number of para-hydroxylation sites is 1. The first-order valence-corrected chi connectivity index (χ1v) is 5.44. The molecule has 4 heteroatoms. The molecule has 4 nitrogen and oxygen atoms in total. The van der Waals surface area contributed by atoms with Crippen molar-refractivity contribution in [3.05, 3.63) is 30.3 Å². The summed E-state index contributed by atoms with van der Waals surface area (Å²) < 4.78 is 5.47. The minimum absolute atomic E-state index is 0.264. The van der Waals surface area contributed by atoms with Gasteiger partial charge in [0, 0.05) is 6.54 Å². The highest BCUT2D eigenvalue weighted by Crippen LogP contribution is 2.07. The minimum Gasteiger partial charge on any atom is -0.492 e. The highest BCUT2D eigenvalue weighted by Gasteiger charge is 2.10. The van der Waals surface area contributed by atoms with Crippen LogP contribution in [0.2, 0.25) is 0 Å². The van der Waals surface area contributed by atoms with Crippen molar-refractivity contribution in [2.75, 3.05) is 13.2 Å². The number of benzene rings is 1. The fourth-order valence-electron chi connectivity index (χ4n) is 1.36. The highest BCUT2D eigenvalue weighted by atomic mass is 16.5. The summed E-state index contributed by atoms with van der Waals surface area (Å²) >= 11 is 0. The number of hydrogen-bond donors (Lipinski definition) is 2. The summed E-state index contributed by atoms with van der Waals surface area (Å²) in [7, 11) is 0. The molecule has 0 aliphatic heterocycles. The van der Waals surface area contributed by atoms with E-state index in [1.165, 1.54) is 0 Å². The van der Waals surface area contributed by atoms with Gasteiger partial charge in [0.2, 0.25) is 5.91 Å². The maximum atomic E-state index is 10.9. The van der Waals surface area contributed by atoms with Gasteiger partial charge in [-0.2, -0.15) is 0 Å². The second kappa shape index (κ2) is 6.85. The minimum atomic E-state index is -0.317. The molecule has 16 heavy (non-hydrogen) atoms. The topological polar surface area (TPSA) is 64.3 Å². The molecule has 88 valence electrons. The lowest BCUT2D eigenvalue weighted by molar-refractivity contribution is -0.120. The van der Waals surface area contributed by atoms with Crippen LogP contribution < -0.4 is 15.8 Å². The third kappa shape index (κ3) is 4.31. The molecule has 1 rings (SSSR count). The van der Waals surface area contributed by atoms with Crippen LogP contribution in [0.3, 0.4) is 0 Å². The van der Waals surface area contributed by atoms with Crippen LogP contribution in [0.25, 0.3) is 0 Å². The van der Waals surface area contributed by atoms with Gasteiger partial charge in [-0.3, -0.25) is 4.79 Å². The Labute approximate surface area is 95.8 Å². The fourth-order valence-corrected chi connectivity index (χ4v) is 1.36. The molecule has 1 aromatic rings. The van der Waals surface area contributed by atoms with E-state index in [1.54, 1.807) is 0 Å². The first kappa shape index (κ1) is 12.5. The van der Waals surface area contributed by atoms with E-state index in [-0.39, 0.29) is 11.9 Å². The van der Waals surface area contributed by atoms with Crippen molar-refractivity contribution in [2.45, 2.75) is 19.4 Å². The third-order valence-corrected chi connectivity index (χ3v) is 2.26. The number of nitrogens with one attached hydrogen (secondary N) is 1. The van der Waals surface area contributed by atoms with E-state index in [4.69, 9.17) is 10.5 Å². The first-order valence-electron chi connectivity index (χ1n) is 5.44. The lowest BCUT2D eigenvalue weighted by atomic mass is 10.2. The highest BCUT2D eigenvalue weighted by molar-refractivity contribution is 5.79. The van der Waals surface area contributed by atoms with E-state index in [0.29, 0.717) is 19.6 Å². The van der Waals surface area contributed by atoms with Gasteiger partial charge in [0.15, 0.2) is 0 Å². The van der Waals surface area contributed by atoms with Crippen LogP contribution in [-0.2, 0) is 4.79 Å². The van der Waals surface area contributed by atoms with Gasteiger partial charge in [-0.1, -0.05) is 25.1 Å². The Morgan fingerprint density at radius 1 is 1.44 bits per heavy atom. The van der Waals surface area contributed by atoms with Crippen LogP contribution in [0.15, 0.2) is 30.3 Å². The summed E-state index contributed by atoms with van der Waals surface area (Å²) in [6.45, 7) is 3.05. The van der Waals surface area contributed by atoms with Crippen molar-refractivity contribution in [2.24, 2.45) is 5.73 Å². The van der Waals surface area contributed by atoms with E-state index in [1.807, 2.05) is 37.3 Å². The van der Waals surface area contributed by atoms with Gasteiger partial charge in [-0.05, 0) is 18.6 Å². The maximum Gasteiger partial charge on any atom is 0.234 e. The Kier molecular flexibility index (Phi) is 5.36. The molecule has 0 aliphatic carbocycles. The second-order valence-corrected chi connectivity index (χ2v) is 3.48. The van der Waals surface area contributed by atoms with Crippen molar-refractivity contribution < 1.29 is 9.53 Å². The Morgan fingerprint density at radius 2 is 2.12 bits per heavy atom. The number of amides is 1. The molecule has 1 unspecified atom stereocenters. The molecule has 0 aliphatic rings. The zero-order chi connectivity index (χ0) is 11.8. The van der Waals surface area contributed by atoms with E-state index in [9.17, 15) is 4.79 Å². The van der Waals surface area contributed by atoms with Gasteiger partial charge in [-0.15, -0.1) is 0 Å². The second-order valence-electron chi connectivity index (χ2n) is 3.48. The Hall–Kier alpha value is -1.55. The molecule has 1 amide bonds. The van der Waals surface area contributed by atoms with Crippen LogP contribution >= 0.6 is 0 Å². The first-order chi connectivity index (χ1) is 7.74. The molecule has 0 spiro atoms. The Morgan fingerprint density at radius 3 is 2.69 bits per heavy atom. The van der Waals surface area contributed by atoms with Gasteiger partial charge in [0.1, 0.15) is 12.4 Å². The van der Waals surface area contributed by atoms with E-state index < -0.39 is 0 Å². The quantitative estimate of drug-likeness (QED) is 0.674. The molecule has 0 aromatic heterocycles. The summed E-state index contributed by atoms with van der Waals surface area (Å²) in [5.41, 5.74) is 5.20. The van der Waals surface area contributed by atoms with Gasteiger partial charge in [-0.25, -0.2) is 0 Å². The van der Waals surface area contributed by atoms with E-state index in [2.05, 4.69) is 5.32 Å². The van der Waals surface area contributed by atoms with Crippen LogP contribution in [0.1, 0.15) is 13.3 Å². The predicted molar refractivity (Wildman–Crippen MR) is 63.2 cm³/mol. The zero-order valence-electron chi connectivity index (χ0n) is 9.48. The van der Waals surface area contributed by atoms with Crippen molar-refractivity contribution in [1.82, 2.24) is 5.32 Å².